The van der Waals surface area contributed by atoms with Crippen LogP contribution >= 0.6 is 11.3 Å². The van der Waals surface area contributed by atoms with Crippen molar-refractivity contribution in [1.29, 1.82) is 0 Å². The molecule has 1 atom stereocenters. The van der Waals surface area contributed by atoms with E-state index in [0.29, 0.717) is 6.04 Å². The van der Waals surface area contributed by atoms with Crippen molar-refractivity contribution in [2.45, 2.75) is 13.0 Å². The van der Waals surface area contributed by atoms with Crippen LogP contribution in [-0.4, -0.2) is 48.1 Å². The van der Waals surface area contributed by atoms with Crippen molar-refractivity contribution in [3.05, 3.63) is 47.6 Å². The lowest BCUT2D eigenvalue weighted by atomic mass is 10.0. The van der Waals surface area contributed by atoms with E-state index in [0.717, 1.165) is 37.8 Å². The van der Waals surface area contributed by atoms with Gasteiger partial charge in [-0.3, -0.25) is 4.90 Å². The number of nitrogens with one attached hydrogen (secondary N) is 1. The normalized spacial score (nSPS) is 17.0. The number of fused-ring (bicyclic) bond motifs is 1. The Bertz CT molecular complexity index is 836. The molecule has 1 aliphatic heterocycles. The minimum atomic E-state index is 0.430. The van der Waals surface area contributed by atoms with Gasteiger partial charge in [-0.25, -0.2) is 9.97 Å². The molecular formula is C19H23N5S. The first kappa shape index (κ1) is 16.3. The van der Waals surface area contributed by atoms with Gasteiger partial charge in [0.25, 0.3) is 0 Å². The molecule has 0 bridgehead atoms. The highest BCUT2D eigenvalue weighted by Crippen LogP contribution is 2.28. The number of piperazine rings is 1. The van der Waals surface area contributed by atoms with E-state index >= 15 is 0 Å². The smallest absolute Gasteiger partial charge is 0.225 e. The summed E-state index contributed by atoms with van der Waals surface area (Å²) in [5.74, 6) is 0.825. The average Bonchev–Trinajstić information content (AvgIpc) is 3.15. The summed E-state index contributed by atoms with van der Waals surface area (Å²) < 4.78 is 1.36. The minimum absolute atomic E-state index is 0.430. The van der Waals surface area contributed by atoms with E-state index in [9.17, 15) is 0 Å². The van der Waals surface area contributed by atoms with Crippen LogP contribution in [0.3, 0.4) is 0 Å². The van der Waals surface area contributed by atoms with Gasteiger partial charge in [-0.15, -0.1) is 11.3 Å². The molecular weight excluding hydrogens is 330 g/mol. The van der Waals surface area contributed by atoms with Gasteiger partial charge in [-0.2, -0.15) is 0 Å². The van der Waals surface area contributed by atoms with Gasteiger partial charge in [0.1, 0.15) is 0 Å². The fourth-order valence-electron chi connectivity index (χ4n) is 3.38. The Morgan fingerprint density at radius 2 is 1.84 bits per heavy atom. The van der Waals surface area contributed by atoms with Crippen molar-refractivity contribution in [2.24, 2.45) is 0 Å². The second-order valence-electron chi connectivity index (χ2n) is 6.44. The van der Waals surface area contributed by atoms with E-state index in [2.05, 4.69) is 61.7 Å². The van der Waals surface area contributed by atoms with Gasteiger partial charge in [0, 0.05) is 44.0 Å². The molecule has 1 aliphatic rings. The van der Waals surface area contributed by atoms with E-state index in [1.54, 1.807) is 11.3 Å². The summed E-state index contributed by atoms with van der Waals surface area (Å²) in [6.45, 7) is 6.29. The molecule has 3 aromatic rings. The fourth-order valence-corrected chi connectivity index (χ4v) is 4.15. The Hall–Kier alpha value is -2.18. The van der Waals surface area contributed by atoms with Gasteiger partial charge in [0.2, 0.25) is 5.95 Å². The van der Waals surface area contributed by atoms with Crippen LogP contribution in [0.2, 0.25) is 0 Å². The summed E-state index contributed by atoms with van der Waals surface area (Å²) >= 11 is 1.81. The van der Waals surface area contributed by atoms with E-state index in [-0.39, 0.29) is 0 Å². The maximum absolute atomic E-state index is 4.46. The van der Waals surface area contributed by atoms with Gasteiger partial charge in [0.05, 0.1) is 18.1 Å². The predicted octanol–water partition coefficient (Wildman–Crippen LogP) is 3.62. The standard InChI is InChI=1S/C19H23N5S/c1-14(15-3-4-18-16(11-15)5-10-25-18)23-6-8-24(9-7-23)19-21-12-17(20-2)13-22-19/h3-5,10-14,20H,6-9H2,1-2H3. The molecule has 0 saturated carbocycles. The predicted molar refractivity (Wildman–Crippen MR) is 106 cm³/mol. The maximum atomic E-state index is 4.46. The SMILES string of the molecule is CNc1cnc(N2CCN(C(C)c3ccc4sccc4c3)CC2)nc1. The Morgan fingerprint density at radius 3 is 2.56 bits per heavy atom. The first-order valence-electron chi connectivity index (χ1n) is 8.70. The van der Waals surface area contributed by atoms with Crippen LogP contribution in [0.15, 0.2) is 42.0 Å². The molecule has 5 nitrogen and oxygen atoms in total. The lowest BCUT2D eigenvalue weighted by Crippen LogP contribution is -2.47. The van der Waals surface area contributed by atoms with Crippen molar-refractivity contribution in [2.75, 3.05) is 43.4 Å². The van der Waals surface area contributed by atoms with Gasteiger partial charge >= 0.3 is 0 Å². The third-order valence-corrected chi connectivity index (χ3v) is 5.93. The molecule has 0 radical (unpaired) electrons. The summed E-state index contributed by atoms with van der Waals surface area (Å²) in [4.78, 5) is 13.7. The first-order chi connectivity index (χ1) is 12.2. The zero-order valence-electron chi connectivity index (χ0n) is 14.6. The molecule has 0 aliphatic carbocycles. The monoisotopic (exact) mass is 353 g/mol. The maximum Gasteiger partial charge on any atom is 0.225 e. The lowest BCUT2D eigenvalue weighted by Gasteiger charge is -2.38. The van der Waals surface area contributed by atoms with E-state index < -0.39 is 0 Å². The van der Waals surface area contributed by atoms with Gasteiger partial charge < -0.3 is 10.2 Å². The van der Waals surface area contributed by atoms with Gasteiger partial charge in [-0.05, 0) is 41.5 Å². The van der Waals surface area contributed by atoms with Crippen molar-refractivity contribution < 1.29 is 0 Å². The summed E-state index contributed by atoms with van der Waals surface area (Å²) in [5, 5.41) is 6.57. The lowest BCUT2D eigenvalue weighted by molar-refractivity contribution is 0.198. The molecule has 4 rings (SSSR count). The minimum Gasteiger partial charge on any atom is -0.386 e. The molecule has 1 fully saturated rings. The third kappa shape index (κ3) is 3.32. The van der Waals surface area contributed by atoms with E-state index in [1.807, 2.05) is 19.4 Å². The van der Waals surface area contributed by atoms with Crippen LogP contribution < -0.4 is 10.2 Å². The van der Waals surface area contributed by atoms with Crippen molar-refractivity contribution in [3.63, 3.8) is 0 Å². The number of rotatable bonds is 4. The Labute approximate surface area is 152 Å². The van der Waals surface area contributed by atoms with Crippen LogP contribution in [0.25, 0.3) is 10.1 Å². The highest BCUT2D eigenvalue weighted by molar-refractivity contribution is 7.17. The number of hydrogen-bond acceptors (Lipinski definition) is 6. The molecule has 25 heavy (non-hydrogen) atoms. The summed E-state index contributed by atoms with van der Waals surface area (Å²) in [7, 11) is 1.88. The molecule has 6 heteroatoms. The molecule has 1 N–H and O–H groups in total. The number of thiophene rings is 1. The number of anilines is 2. The molecule has 1 aromatic carbocycles. The second-order valence-corrected chi connectivity index (χ2v) is 7.39. The molecule has 130 valence electrons. The van der Waals surface area contributed by atoms with E-state index in [4.69, 9.17) is 0 Å². The van der Waals surface area contributed by atoms with Crippen molar-refractivity contribution in [3.8, 4) is 0 Å². The van der Waals surface area contributed by atoms with Crippen LogP contribution in [-0.2, 0) is 0 Å². The van der Waals surface area contributed by atoms with Gasteiger partial charge in [-0.1, -0.05) is 6.07 Å². The molecule has 0 amide bonds. The average molecular weight is 353 g/mol. The second kappa shape index (κ2) is 6.98. The summed E-state index contributed by atoms with van der Waals surface area (Å²) in [6, 6.07) is 9.50. The quantitative estimate of drug-likeness (QED) is 0.776. The highest BCUT2D eigenvalue weighted by atomic mass is 32.1. The van der Waals surface area contributed by atoms with Crippen LogP contribution in [0.4, 0.5) is 11.6 Å². The van der Waals surface area contributed by atoms with E-state index in [1.165, 1.54) is 15.6 Å². The number of aromatic nitrogens is 2. The van der Waals surface area contributed by atoms with Crippen LogP contribution in [0.5, 0.6) is 0 Å². The Balaban J connectivity index is 1.41. The summed E-state index contributed by atoms with van der Waals surface area (Å²) in [5.41, 5.74) is 2.34. The number of nitrogens with zero attached hydrogens (tertiary/aromatic N) is 4. The van der Waals surface area contributed by atoms with Crippen LogP contribution in [0, 0.1) is 0 Å². The van der Waals surface area contributed by atoms with Gasteiger partial charge in [0.15, 0.2) is 0 Å². The molecule has 0 spiro atoms. The van der Waals surface area contributed by atoms with Crippen molar-refractivity contribution in [1.82, 2.24) is 14.9 Å². The Morgan fingerprint density at radius 1 is 1.08 bits per heavy atom. The first-order valence-corrected chi connectivity index (χ1v) is 9.58. The third-order valence-electron chi connectivity index (χ3n) is 5.03. The zero-order valence-corrected chi connectivity index (χ0v) is 15.5. The zero-order chi connectivity index (χ0) is 17.2. The molecule has 1 unspecified atom stereocenters. The number of benzene rings is 1. The summed E-state index contributed by atoms with van der Waals surface area (Å²) in [6.07, 6.45) is 3.68. The van der Waals surface area contributed by atoms with Crippen molar-refractivity contribution >= 4 is 33.1 Å². The molecule has 1 saturated heterocycles. The number of hydrogen-bond donors (Lipinski definition) is 1. The fraction of sp³-hybridized carbons (Fsp3) is 0.368. The molecule has 2 aromatic heterocycles. The largest absolute Gasteiger partial charge is 0.386 e. The highest BCUT2D eigenvalue weighted by Gasteiger charge is 2.23. The van der Waals surface area contributed by atoms with Crippen LogP contribution in [0.1, 0.15) is 18.5 Å². The topological polar surface area (TPSA) is 44.3 Å². The Kier molecular flexibility index (Phi) is 4.55. The molecule has 3 heterocycles.